The Morgan fingerprint density at radius 2 is 1.97 bits per heavy atom. The van der Waals surface area contributed by atoms with Crippen molar-refractivity contribution in [1.29, 1.82) is 0 Å². The lowest BCUT2D eigenvalue weighted by molar-refractivity contribution is -0.274. The number of rotatable bonds is 5. The number of halogens is 4. The van der Waals surface area contributed by atoms with Gasteiger partial charge in [-0.05, 0) is 13.0 Å². The average Bonchev–Trinajstić information content (AvgIpc) is 3.28. The smallest absolute Gasteiger partial charge is 0.422 e. The maximum Gasteiger partial charge on any atom is 0.573 e. The molecule has 9 nitrogen and oxygen atoms in total. The minimum atomic E-state index is -4.85. The normalized spacial score (nSPS) is 12.9. The van der Waals surface area contributed by atoms with Gasteiger partial charge < -0.3 is 14.5 Å². The standard InChI is InChI=1S/C16H11ClF3N7O2/c1-8(13-23-7-24-27(13)14-21-3-2-4-22-14)25-15-26-11-6-9(29-16(18,19)20)5-10(17)12(11)28-15/h2-8H,1H3,(H,25,26)/t8-/m0/s1. The minimum absolute atomic E-state index is 0.0297. The zero-order valence-electron chi connectivity index (χ0n) is 14.6. The van der Waals surface area contributed by atoms with Gasteiger partial charge in [0.15, 0.2) is 11.4 Å². The second kappa shape index (κ2) is 7.20. The molecule has 1 aromatic carbocycles. The first-order valence-electron chi connectivity index (χ1n) is 8.10. The van der Waals surface area contributed by atoms with Crippen molar-refractivity contribution in [2.24, 2.45) is 0 Å². The molecule has 0 aliphatic heterocycles. The SMILES string of the molecule is C[C@H](Nc1nc2cc(OC(F)(F)F)cc(Cl)c2o1)c1ncnn1-c1ncccn1. The molecule has 0 aliphatic carbocycles. The van der Waals surface area contributed by atoms with Crippen molar-refractivity contribution in [3.05, 3.63) is 47.8 Å². The topological polar surface area (TPSA) is 104 Å². The fraction of sp³-hybridized carbons (Fsp3) is 0.188. The molecule has 1 atom stereocenters. The third-order valence-electron chi connectivity index (χ3n) is 3.69. The summed E-state index contributed by atoms with van der Waals surface area (Å²) in [6.45, 7) is 1.76. The lowest BCUT2D eigenvalue weighted by Crippen LogP contribution is -2.17. The summed E-state index contributed by atoms with van der Waals surface area (Å²) in [7, 11) is 0. The van der Waals surface area contributed by atoms with Crippen LogP contribution in [0, 0.1) is 0 Å². The Bertz CT molecular complexity index is 1150. The van der Waals surface area contributed by atoms with Crippen LogP contribution >= 0.6 is 11.6 Å². The number of hydrogen-bond acceptors (Lipinski definition) is 8. The largest absolute Gasteiger partial charge is 0.573 e. The number of hydrogen-bond donors (Lipinski definition) is 1. The van der Waals surface area contributed by atoms with E-state index in [1.54, 1.807) is 25.4 Å². The van der Waals surface area contributed by atoms with E-state index in [0.29, 0.717) is 11.8 Å². The van der Waals surface area contributed by atoms with Gasteiger partial charge in [0.2, 0.25) is 0 Å². The lowest BCUT2D eigenvalue weighted by Gasteiger charge is -2.11. The number of nitrogens with zero attached hydrogens (tertiary/aromatic N) is 6. The molecule has 150 valence electrons. The number of ether oxygens (including phenoxy) is 1. The molecule has 0 fully saturated rings. The second-order valence-corrected chi connectivity index (χ2v) is 6.17. The summed E-state index contributed by atoms with van der Waals surface area (Å²) in [4.78, 5) is 16.5. The van der Waals surface area contributed by atoms with Crippen LogP contribution in [0.5, 0.6) is 5.75 Å². The van der Waals surface area contributed by atoms with Gasteiger partial charge in [0, 0.05) is 24.5 Å². The van der Waals surface area contributed by atoms with Crippen molar-refractivity contribution < 1.29 is 22.3 Å². The summed E-state index contributed by atoms with van der Waals surface area (Å²) in [5.41, 5.74) is 0.211. The van der Waals surface area contributed by atoms with Crippen LogP contribution in [0.1, 0.15) is 18.8 Å². The number of nitrogens with one attached hydrogen (secondary N) is 1. The Labute approximate surface area is 165 Å². The summed E-state index contributed by atoms with van der Waals surface area (Å²) >= 11 is 5.99. The first-order valence-corrected chi connectivity index (χ1v) is 8.47. The van der Waals surface area contributed by atoms with E-state index in [1.165, 1.54) is 11.0 Å². The Hall–Kier alpha value is -3.41. The van der Waals surface area contributed by atoms with E-state index < -0.39 is 18.2 Å². The molecule has 0 aliphatic rings. The van der Waals surface area contributed by atoms with E-state index in [4.69, 9.17) is 16.0 Å². The number of benzene rings is 1. The van der Waals surface area contributed by atoms with Gasteiger partial charge >= 0.3 is 6.36 Å². The van der Waals surface area contributed by atoms with Crippen LogP contribution in [0.4, 0.5) is 19.2 Å². The van der Waals surface area contributed by atoms with Gasteiger partial charge in [-0.15, -0.1) is 13.2 Å². The third kappa shape index (κ3) is 4.06. The molecule has 0 saturated heterocycles. The Balaban J connectivity index is 1.60. The molecule has 0 saturated carbocycles. The van der Waals surface area contributed by atoms with Gasteiger partial charge in [-0.1, -0.05) is 11.6 Å². The van der Waals surface area contributed by atoms with E-state index >= 15 is 0 Å². The van der Waals surface area contributed by atoms with Crippen molar-refractivity contribution in [2.45, 2.75) is 19.3 Å². The lowest BCUT2D eigenvalue weighted by atomic mass is 10.3. The van der Waals surface area contributed by atoms with Gasteiger partial charge in [0.25, 0.3) is 12.0 Å². The molecule has 0 radical (unpaired) electrons. The Morgan fingerprint density at radius 1 is 1.21 bits per heavy atom. The molecule has 3 heterocycles. The number of aromatic nitrogens is 6. The third-order valence-corrected chi connectivity index (χ3v) is 3.98. The van der Waals surface area contributed by atoms with Crippen molar-refractivity contribution in [3.63, 3.8) is 0 Å². The summed E-state index contributed by atoms with van der Waals surface area (Å²) in [6, 6.07) is 3.31. The van der Waals surface area contributed by atoms with Crippen LogP contribution < -0.4 is 10.1 Å². The van der Waals surface area contributed by atoms with Crippen molar-refractivity contribution in [2.75, 3.05) is 5.32 Å². The molecule has 4 aromatic rings. The highest BCUT2D eigenvalue weighted by Gasteiger charge is 2.31. The van der Waals surface area contributed by atoms with Gasteiger partial charge in [0.05, 0.1) is 11.1 Å². The van der Waals surface area contributed by atoms with E-state index in [9.17, 15) is 13.2 Å². The van der Waals surface area contributed by atoms with Crippen LogP contribution in [-0.4, -0.2) is 36.1 Å². The Morgan fingerprint density at radius 3 is 2.69 bits per heavy atom. The summed E-state index contributed by atoms with van der Waals surface area (Å²) in [5, 5.41) is 6.98. The molecule has 1 N–H and O–H groups in total. The van der Waals surface area contributed by atoms with Crippen LogP contribution in [0.25, 0.3) is 17.0 Å². The Kier molecular flexibility index (Phi) is 4.70. The second-order valence-electron chi connectivity index (χ2n) is 5.77. The number of oxazole rings is 1. The molecule has 13 heteroatoms. The van der Waals surface area contributed by atoms with E-state index in [2.05, 4.69) is 35.1 Å². The van der Waals surface area contributed by atoms with Crippen LogP contribution in [0.2, 0.25) is 5.02 Å². The molecule has 0 bridgehead atoms. The number of alkyl halides is 3. The van der Waals surface area contributed by atoms with Crippen molar-refractivity contribution in [3.8, 4) is 11.7 Å². The predicted octanol–water partition coefficient (Wildman–Crippen LogP) is 3.92. The van der Waals surface area contributed by atoms with Gasteiger partial charge in [-0.25, -0.2) is 15.0 Å². The quantitative estimate of drug-likeness (QED) is 0.513. The monoisotopic (exact) mass is 425 g/mol. The fourth-order valence-corrected chi connectivity index (χ4v) is 2.82. The summed E-state index contributed by atoms with van der Waals surface area (Å²) in [5.74, 6) is 0.290. The van der Waals surface area contributed by atoms with Gasteiger partial charge in [0.1, 0.15) is 17.6 Å². The zero-order chi connectivity index (χ0) is 20.6. The van der Waals surface area contributed by atoms with E-state index in [0.717, 1.165) is 12.1 Å². The van der Waals surface area contributed by atoms with Crippen molar-refractivity contribution >= 4 is 28.7 Å². The molecule has 0 unspecified atom stereocenters. The van der Waals surface area contributed by atoms with Gasteiger partial charge in [-0.2, -0.15) is 14.8 Å². The molecule has 0 amide bonds. The minimum Gasteiger partial charge on any atom is -0.422 e. The molecule has 29 heavy (non-hydrogen) atoms. The molecule has 4 rings (SSSR count). The highest BCUT2D eigenvalue weighted by atomic mass is 35.5. The van der Waals surface area contributed by atoms with Crippen LogP contribution in [0.15, 0.2) is 41.3 Å². The molecule has 0 spiro atoms. The fourth-order valence-electron chi connectivity index (χ4n) is 2.57. The highest BCUT2D eigenvalue weighted by Crippen LogP contribution is 2.34. The number of anilines is 1. The molecular weight excluding hydrogens is 415 g/mol. The zero-order valence-corrected chi connectivity index (χ0v) is 15.3. The predicted molar refractivity (Wildman–Crippen MR) is 94.7 cm³/mol. The van der Waals surface area contributed by atoms with Crippen molar-refractivity contribution in [1.82, 2.24) is 29.7 Å². The summed E-state index contributed by atoms with van der Waals surface area (Å²) < 4.78 is 48.1. The first-order chi connectivity index (χ1) is 13.8. The van der Waals surface area contributed by atoms with Crippen LogP contribution in [0.3, 0.4) is 0 Å². The maximum atomic E-state index is 12.4. The van der Waals surface area contributed by atoms with E-state index in [-0.39, 0.29) is 22.1 Å². The first kappa shape index (κ1) is 18.9. The average molecular weight is 426 g/mol. The van der Waals surface area contributed by atoms with E-state index in [1.807, 2.05) is 0 Å². The summed E-state index contributed by atoms with van der Waals surface area (Å²) in [6.07, 6.45) is -0.377. The molecule has 3 aromatic heterocycles. The number of fused-ring (bicyclic) bond motifs is 1. The van der Waals surface area contributed by atoms with Crippen LogP contribution in [-0.2, 0) is 0 Å². The van der Waals surface area contributed by atoms with Gasteiger partial charge in [-0.3, -0.25) is 0 Å². The molecular formula is C16H11ClF3N7O2. The maximum absolute atomic E-state index is 12.4. The highest BCUT2D eigenvalue weighted by molar-refractivity contribution is 6.34.